The van der Waals surface area contributed by atoms with Gasteiger partial charge >= 0.3 is 0 Å². The van der Waals surface area contributed by atoms with Gasteiger partial charge in [-0.25, -0.2) is 12.8 Å². The van der Waals surface area contributed by atoms with Crippen molar-refractivity contribution in [2.75, 3.05) is 6.54 Å². The summed E-state index contributed by atoms with van der Waals surface area (Å²) < 4.78 is 46.5. The molecule has 1 aliphatic heterocycles. The molecule has 4 rings (SSSR count). The van der Waals surface area contributed by atoms with Gasteiger partial charge in [-0.05, 0) is 54.8 Å². The second kappa shape index (κ2) is 9.58. The molecule has 32 heavy (non-hydrogen) atoms. The summed E-state index contributed by atoms with van der Waals surface area (Å²) in [6, 6.07) is 15.1. The Balaban J connectivity index is 1.36. The topological polar surface area (TPSA) is 75.7 Å². The van der Waals surface area contributed by atoms with Crippen molar-refractivity contribution >= 4 is 38.9 Å². The van der Waals surface area contributed by atoms with Crippen LogP contribution in [0.5, 0.6) is 11.5 Å². The second-order valence-corrected chi connectivity index (χ2v) is 11.1. The lowest BCUT2D eigenvalue weighted by atomic mass is 10.2. The van der Waals surface area contributed by atoms with Crippen LogP contribution in [-0.4, -0.2) is 31.2 Å². The molecule has 2 aromatic carbocycles. The van der Waals surface area contributed by atoms with E-state index in [1.165, 1.54) is 28.6 Å². The van der Waals surface area contributed by atoms with Gasteiger partial charge in [0.15, 0.2) is 0 Å². The van der Waals surface area contributed by atoms with Crippen LogP contribution in [0.4, 0.5) is 4.39 Å². The van der Waals surface area contributed by atoms with Crippen LogP contribution in [0.25, 0.3) is 0 Å². The maximum absolute atomic E-state index is 13.3. The van der Waals surface area contributed by atoms with E-state index in [1.54, 1.807) is 36.4 Å². The molecule has 3 aromatic rings. The van der Waals surface area contributed by atoms with E-state index >= 15 is 0 Å². The van der Waals surface area contributed by atoms with Gasteiger partial charge in [0.1, 0.15) is 27.6 Å². The SMILES string of the molecule is O=C(NCc1ccc(Oc2cccc(F)c2)cc1)[C@@H]1CCCN1S(=O)(=O)c1ccc(Cl)s1. The molecule has 0 unspecified atom stereocenters. The smallest absolute Gasteiger partial charge is 0.253 e. The Labute approximate surface area is 194 Å². The van der Waals surface area contributed by atoms with E-state index in [0.717, 1.165) is 16.9 Å². The number of halogens is 2. The molecule has 6 nitrogen and oxygen atoms in total. The molecule has 0 spiro atoms. The Morgan fingerprint density at radius 3 is 2.62 bits per heavy atom. The molecule has 0 aliphatic carbocycles. The van der Waals surface area contributed by atoms with Crippen molar-refractivity contribution in [2.24, 2.45) is 0 Å². The minimum atomic E-state index is -3.77. The third-order valence-electron chi connectivity index (χ3n) is 5.04. The molecule has 1 amide bonds. The Hall–Kier alpha value is -2.46. The van der Waals surface area contributed by atoms with E-state index in [0.29, 0.717) is 35.2 Å². The molecule has 1 aromatic heterocycles. The van der Waals surface area contributed by atoms with E-state index in [2.05, 4.69) is 5.32 Å². The molecule has 1 N–H and O–H groups in total. The van der Waals surface area contributed by atoms with Gasteiger partial charge in [0.05, 0.1) is 4.34 Å². The molecule has 0 radical (unpaired) electrons. The fraction of sp³-hybridized carbons (Fsp3) is 0.227. The van der Waals surface area contributed by atoms with Crippen LogP contribution in [0, 0.1) is 5.82 Å². The van der Waals surface area contributed by atoms with Gasteiger partial charge in [0.25, 0.3) is 10.0 Å². The molecule has 0 bridgehead atoms. The lowest BCUT2D eigenvalue weighted by Gasteiger charge is -2.22. The van der Waals surface area contributed by atoms with Gasteiger partial charge < -0.3 is 10.1 Å². The molecule has 2 heterocycles. The number of sulfonamides is 1. The first-order valence-electron chi connectivity index (χ1n) is 9.90. The average Bonchev–Trinajstić information content (AvgIpc) is 3.43. The van der Waals surface area contributed by atoms with Crippen molar-refractivity contribution in [1.82, 2.24) is 9.62 Å². The van der Waals surface area contributed by atoms with Gasteiger partial charge in [-0.3, -0.25) is 4.79 Å². The van der Waals surface area contributed by atoms with E-state index < -0.39 is 16.1 Å². The summed E-state index contributed by atoms with van der Waals surface area (Å²) in [7, 11) is -3.77. The first-order valence-corrected chi connectivity index (χ1v) is 12.5. The lowest BCUT2D eigenvalue weighted by Crippen LogP contribution is -2.45. The van der Waals surface area contributed by atoms with Gasteiger partial charge in [-0.2, -0.15) is 4.31 Å². The number of amides is 1. The number of carbonyl (C=O) groups excluding carboxylic acids is 1. The highest BCUT2D eigenvalue weighted by Gasteiger charge is 2.39. The quantitative estimate of drug-likeness (QED) is 0.512. The molecular weight excluding hydrogens is 475 g/mol. The first-order chi connectivity index (χ1) is 15.3. The number of hydrogen-bond acceptors (Lipinski definition) is 5. The molecule has 1 saturated heterocycles. The van der Waals surface area contributed by atoms with Crippen LogP contribution in [0.2, 0.25) is 4.34 Å². The number of nitrogens with zero attached hydrogens (tertiary/aromatic N) is 1. The minimum Gasteiger partial charge on any atom is -0.457 e. The molecule has 1 aliphatic rings. The lowest BCUT2D eigenvalue weighted by molar-refractivity contribution is -0.124. The number of thiophene rings is 1. The van der Waals surface area contributed by atoms with Gasteiger partial charge in [0, 0.05) is 19.2 Å². The van der Waals surface area contributed by atoms with E-state index in [9.17, 15) is 17.6 Å². The predicted octanol–water partition coefficient (Wildman–Crippen LogP) is 4.80. The summed E-state index contributed by atoms with van der Waals surface area (Å²) in [6.07, 6.45) is 1.08. The highest BCUT2D eigenvalue weighted by Crippen LogP contribution is 2.32. The summed E-state index contributed by atoms with van der Waals surface area (Å²) in [5, 5.41) is 2.82. The fourth-order valence-corrected chi connectivity index (χ4v) is 6.76. The Morgan fingerprint density at radius 2 is 1.94 bits per heavy atom. The largest absolute Gasteiger partial charge is 0.457 e. The van der Waals surface area contributed by atoms with E-state index in [-0.39, 0.29) is 22.5 Å². The Kier molecular flexibility index (Phi) is 6.80. The monoisotopic (exact) mass is 494 g/mol. The third-order valence-corrected chi connectivity index (χ3v) is 8.65. The standard InChI is InChI=1S/C22H20ClFN2O4S2/c23-20-10-11-21(31-20)32(28,29)26-12-2-5-19(26)22(27)25-14-15-6-8-17(9-7-15)30-18-4-1-3-16(24)13-18/h1,3-4,6-11,13,19H,2,5,12,14H2,(H,25,27)/t19-/m0/s1. The first kappa shape index (κ1) is 22.7. The molecule has 1 atom stereocenters. The maximum atomic E-state index is 13.3. The summed E-state index contributed by atoms with van der Waals surface area (Å²) in [4.78, 5) is 12.8. The maximum Gasteiger partial charge on any atom is 0.253 e. The summed E-state index contributed by atoms with van der Waals surface area (Å²) in [5.41, 5.74) is 0.822. The molecule has 0 saturated carbocycles. The number of benzene rings is 2. The van der Waals surface area contributed by atoms with Crippen molar-refractivity contribution in [2.45, 2.75) is 29.6 Å². The van der Waals surface area contributed by atoms with E-state index in [4.69, 9.17) is 16.3 Å². The zero-order chi connectivity index (χ0) is 22.7. The normalized spacial score (nSPS) is 16.8. The highest BCUT2D eigenvalue weighted by atomic mass is 35.5. The zero-order valence-corrected chi connectivity index (χ0v) is 19.2. The Morgan fingerprint density at radius 1 is 1.16 bits per heavy atom. The number of carbonyl (C=O) groups is 1. The van der Waals surface area contributed by atoms with Crippen molar-refractivity contribution in [3.63, 3.8) is 0 Å². The van der Waals surface area contributed by atoms with Crippen LogP contribution in [0.15, 0.2) is 64.9 Å². The fourth-order valence-electron chi connectivity index (χ4n) is 3.49. The van der Waals surface area contributed by atoms with Gasteiger partial charge in [-0.1, -0.05) is 29.8 Å². The molecular formula is C22H20ClFN2O4S2. The average molecular weight is 495 g/mol. The van der Waals surface area contributed by atoms with Crippen LogP contribution in [0.1, 0.15) is 18.4 Å². The highest BCUT2D eigenvalue weighted by molar-refractivity contribution is 7.91. The summed E-state index contributed by atoms with van der Waals surface area (Å²) in [6.45, 7) is 0.538. The van der Waals surface area contributed by atoms with Gasteiger partial charge in [-0.15, -0.1) is 11.3 Å². The van der Waals surface area contributed by atoms with Crippen LogP contribution in [0.3, 0.4) is 0 Å². The molecule has 1 fully saturated rings. The number of ether oxygens (including phenoxy) is 1. The van der Waals surface area contributed by atoms with Crippen molar-refractivity contribution in [3.8, 4) is 11.5 Å². The molecule has 168 valence electrons. The summed E-state index contributed by atoms with van der Waals surface area (Å²) >= 11 is 6.86. The Bertz CT molecular complexity index is 1210. The minimum absolute atomic E-state index is 0.135. The number of hydrogen-bond donors (Lipinski definition) is 1. The van der Waals surface area contributed by atoms with Gasteiger partial charge in [0.2, 0.25) is 5.91 Å². The van der Waals surface area contributed by atoms with Crippen molar-refractivity contribution in [1.29, 1.82) is 0 Å². The molecule has 10 heteroatoms. The van der Waals surface area contributed by atoms with Crippen molar-refractivity contribution in [3.05, 3.63) is 76.4 Å². The second-order valence-electron chi connectivity index (χ2n) is 7.25. The summed E-state index contributed by atoms with van der Waals surface area (Å²) in [5.74, 6) is 0.203. The van der Waals surface area contributed by atoms with Crippen molar-refractivity contribution < 1.29 is 22.3 Å². The van der Waals surface area contributed by atoms with E-state index in [1.807, 2.05) is 0 Å². The number of nitrogens with one attached hydrogen (secondary N) is 1. The number of rotatable bonds is 7. The third kappa shape index (κ3) is 5.12. The predicted molar refractivity (Wildman–Crippen MR) is 121 cm³/mol. The van der Waals surface area contributed by atoms with Crippen LogP contribution < -0.4 is 10.1 Å². The van der Waals surface area contributed by atoms with Crippen LogP contribution >= 0.6 is 22.9 Å². The zero-order valence-electron chi connectivity index (χ0n) is 16.8. The van der Waals surface area contributed by atoms with Crippen LogP contribution in [-0.2, 0) is 21.4 Å².